The van der Waals surface area contributed by atoms with Crippen LogP contribution in [0.5, 0.6) is 0 Å². The molecule has 0 aliphatic carbocycles. The number of hydroxylamine groups is 1. The highest BCUT2D eigenvalue weighted by atomic mass is 35.5. The molecule has 0 aliphatic rings. The summed E-state index contributed by atoms with van der Waals surface area (Å²) in [6, 6.07) is 0. The van der Waals surface area contributed by atoms with E-state index in [-0.39, 0.29) is 5.88 Å². The average Bonchev–Trinajstić information content (AvgIpc) is 2.22. The van der Waals surface area contributed by atoms with E-state index >= 15 is 0 Å². The topological polar surface area (TPSA) is 63.1 Å². The van der Waals surface area contributed by atoms with E-state index in [0.29, 0.717) is 11.1 Å². The van der Waals surface area contributed by atoms with E-state index in [1.54, 1.807) is 0 Å². The van der Waals surface area contributed by atoms with Gasteiger partial charge < -0.3 is 4.74 Å². The minimum atomic E-state index is -0.502. The molecule has 0 unspecified atom stereocenters. The number of nitrogens with two attached hydrogens (primary N) is 1. The summed E-state index contributed by atoms with van der Waals surface area (Å²) >= 11 is 5.53. The highest BCUT2D eigenvalue weighted by Crippen LogP contribution is 2.11. The number of quaternary nitrogens is 1. The van der Waals surface area contributed by atoms with Crippen LogP contribution in [0.3, 0.4) is 0 Å². The molecule has 0 aromatic heterocycles. The van der Waals surface area contributed by atoms with Crippen molar-refractivity contribution in [1.82, 2.24) is 0 Å². The van der Waals surface area contributed by atoms with Crippen LogP contribution in [-0.4, -0.2) is 24.2 Å². The summed E-state index contributed by atoms with van der Waals surface area (Å²) in [7, 11) is 1.28. The third-order valence-electron chi connectivity index (χ3n) is 1.41. The first kappa shape index (κ1) is 12.9. The first-order chi connectivity index (χ1) is 6.67. The van der Waals surface area contributed by atoms with E-state index in [2.05, 4.69) is 11.3 Å². The van der Waals surface area contributed by atoms with Gasteiger partial charge >= 0.3 is 5.97 Å². The van der Waals surface area contributed by atoms with Gasteiger partial charge in [0.05, 0.1) is 12.7 Å². The van der Waals surface area contributed by atoms with Crippen molar-refractivity contribution < 1.29 is 20.2 Å². The van der Waals surface area contributed by atoms with Gasteiger partial charge in [-0.05, 0) is 17.7 Å². The van der Waals surface area contributed by atoms with Gasteiger partial charge in [-0.3, -0.25) is 0 Å². The normalized spacial score (nSPS) is 11.8. The van der Waals surface area contributed by atoms with E-state index in [9.17, 15) is 4.79 Å². The van der Waals surface area contributed by atoms with E-state index in [4.69, 9.17) is 16.8 Å². The summed E-state index contributed by atoms with van der Waals surface area (Å²) < 4.78 is 4.53. The van der Waals surface area contributed by atoms with Crippen LogP contribution in [0, 0.1) is 0 Å². The van der Waals surface area contributed by atoms with Crippen LogP contribution in [0.25, 0.3) is 0 Å². The van der Waals surface area contributed by atoms with Gasteiger partial charge in [-0.25, -0.2) is 10.0 Å². The second-order valence-electron chi connectivity index (χ2n) is 2.34. The molecule has 0 saturated heterocycles. The molecular formula is C9H13ClNO3+. The quantitative estimate of drug-likeness (QED) is 0.230. The molecule has 78 valence electrons. The minimum absolute atomic E-state index is 0.150. The smallest absolute Gasteiger partial charge is 0.338 e. The number of carbonyl (C=O) groups is 1. The summed E-state index contributed by atoms with van der Waals surface area (Å²) in [6.45, 7) is 3.61. The van der Waals surface area contributed by atoms with Crippen LogP contribution in [0.4, 0.5) is 0 Å². The van der Waals surface area contributed by atoms with Gasteiger partial charge in [0.1, 0.15) is 6.20 Å². The van der Waals surface area contributed by atoms with E-state index in [1.807, 2.05) is 0 Å². The lowest BCUT2D eigenvalue weighted by Gasteiger charge is -2.04. The molecule has 0 fully saturated rings. The molecule has 0 bridgehead atoms. The number of carbonyl (C=O) groups excluding carboxylic acids is 1. The molecule has 0 atom stereocenters. The third kappa shape index (κ3) is 4.23. The zero-order valence-electron chi connectivity index (χ0n) is 7.87. The Bertz CT molecular complexity index is 253. The lowest BCUT2D eigenvalue weighted by Crippen LogP contribution is -2.73. The molecule has 0 rings (SSSR count). The second-order valence-corrected chi connectivity index (χ2v) is 2.61. The molecule has 3 N–H and O–H groups in total. The molecule has 0 spiro atoms. The van der Waals surface area contributed by atoms with Crippen LogP contribution in [-0.2, 0) is 9.53 Å². The van der Waals surface area contributed by atoms with Crippen molar-refractivity contribution >= 4 is 17.6 Å². The molecule has 4 nitrogen and oxygen atoms in total. The fourth-order valence-electron chi connectivity index (χ4n) is 0.714. The molecule has 5 heteroatoms. The summed E-state index contributed by atoms with van der Waals surface area (Å²) in [4.78, 5) is 11.2. The zero-order valence-corrected chi connectivity index (χ0v) is 8.62. The molecule has 0 aliphatic heterocycles. The van der Waals surface area contributed by atoms with Crippen molar-refractivity contribution in [3.63, 3.8) is 0 Å². The third-order valence-corrected chi connectivity index (χ3v) is 1.73. The number of methoxy groups -OCH3 is 1. The fraction of sp³-hybridized carbons (Fsp3) is 0.222. The number of halogens is 1. The van der Waals surface area contributed by atoms with E-state index in [1.165, 1.54) is 25.5 Å². The monoisotopic (exact) mass is 218 g/mol. The number of ether oxygens (including phenoxy) is 1. The summed E-state index contributed by atoms with van der Waals surface area (Å²) in [5, 5.41) is 8.37. The highest BCUT2D eigenvalue weighted by Gasteiger charge is 2.11. The van der Waals surface area contributed by atoms with Gasteiger partial charge in [-0.2, -0.15) is 5.48 Å². The van der Waals surface area contributed by atoms with Crippen molar-refractivity contribution in [2.24, 2.45) is 0 Å². The van der Waals surface area contributed by atoms with Crippen LogP contribution < -0.4 is 5.48 Å². The Hall–Kier alpha value is -1.10. The van der Waals surface area contributed by atoms with Gasteiger partial charge in [-0.15, -0.1) is 11.6 Å². The Kier molecular flexibility index (Phi) is 6.74. The Morgan fingerprint density at radius 2 is 2.36 bits per heavy atom. The largest absolute Gasteiger partial charge is 0.465 e. The Morgan fingerprint density at radius 3 is 2.79 bits per heavy atom. The van der Waals surface area contributed by atoms with Crippen molar-refractivity contribution in [3.8, 4) is 0 Å². The number of rotatable bonds is 5. The number of hydrogen-bond acceptors (Lipinski definition) is 3. The van der Waals surface area contributed by atoms with Gasteiger partial charge in [0, 0.05) is 5.88 Å². The van der Waals surface area contributed by atoms with Crippen molar-refractivity contribution in [2.75, 3.05) is 13.0 Å². The minimum Gasteiger partial charge on any atom is -0.465 e. The van der Waals surface area contributed by atoms with Gasteiger partial charge in [0.15, 0.2) is 0 Å². The van der Waals surface area contributed by atoms with Crippen LogP contribution >= 0.6 is 11.6 Å². The number of allylic oxidation sites excluding steroid dienone is 2. The van der Waals surface area contributed by atoms with Crippen molar-refractivity contribution in [2.45, 2.75) is 0 Å². The lowest BCUT2D eigenvalue weighted by molar-refractivity contribution is -0.838. The summed E-state index contributed by atoms with van der Waals surface area (Å²) in [5.74, 6) is -0.351. The molecule has 0 aromatic rings. The van der Waals surface area contributed by atoms with Crippen LogP contribution in [0.1, 0.15) is 0 Å². The molecule has 0 amide bonds. The van der Waals surface area contributed by atoms with E-state index < -0.39 is 5.97 Å². The lowest BCUT2D eigenvalue weighted by atomic mass is 10.1. The van der Waals surface area contributed by atoms with Crippen LogP contribution in [0.2, 0.25) is 0 Å². The summed E-state index contributed by atoms with van der Waals surface area (Å²) in [6.07, 6.45) is 4.33. The van der Waals surface area contributed by atoms with Gasteiger partial charge in [-0.1, -0.05) is 6.58 Å². The van der Waals surface area contributed by atoms with Gasteiger partial charge in [0.25, 0.3) is 0 Å². The highest BCUT2D eigenvalue weighted by molar-refractivity contribution is 6.20. The zero-order chi connectivity index (χ0) is 11.0. The number of hydrogen-bond donors (Lipinski definition) is 2. The molecule has 0 aromatic carbocycles. The number of alkyl halides is 1. The first-order valence-electron chi connectivity index (χ1n) is 3.84. The maximum absolute atomic E-state index is 11.2. The van der Waals surface area contributed by atoms with Crippen molar-refractivity contribution in [3.05, 3.63) is 36.1 Å². The number of esters is 1. The van der Waals surface area contributed by atoms with Gasteiger partial charge in [0.2, 0.25) is 0 Å². The molecule has 0 heterocycles. The Labute approximate surface area is 87.5 Å². The molecule has 0 saturated carbocycles. The Morgan fingerprint density at radius 1 is 1.71 bits per heavy atom. The molecular weight excluding hydrogens is 206 g/mol. The fourth-order valence-corrected chi connectivity index (χ4v) is 0.858. The first-order valence-corrected chi connectivity index (χ1v) is 4.37. The van der Waals surface area contributed by atoms with Crippen LogP contribution in [0.15, 0.2) is 36.1 Å². The predicted molar refractivity (Wildman–Crippen MR) is 52.8 cm³/mol. The standard InChI is InChI=1S/C9H12ClNO3/c1-7(6-10)8(9(12)14-2)4-3-5-11-13/h3-5,11,13H,1,6H2,2H3/p+1. The predicted octanol–water partition coefficient (Wildman–Crippen LogP) is 0.347. The summed E-state index contributed by atoms with van der Waals surface area (Å²) in [5.41, 5.74) is 1.62. The molecule has 14 heavy (non-hydrogen) atoms. The van der Waals surface area contributed by atoms with Crippen molar-refractivity contribution in [1.29, 1.82) is 0 Å². The maximum Gasteiger partial charge on any atom is 0.338 e. The second kappa shape index (κ2) is 7.32. The SMILES string of the molecule is C=C(CCl)C(=CC=C[NH2+]O)C(=O)OC. The molecule has 0 radical (unpaired) electrons. The van der Waals surface area contributed by atoms with E-state index in [0.717, 1.165) is 5.48 Å². The average molecular weight is 219 g/mol. The Balaban J connectivity index is 4.71. The maximum atomic E-state index is 11.2.